The van der Waals surface area contributed by atoms with Gasteiger partial charge in [0.1, 0.15) is 6.04 Å². The van der Waals surface area contributed by atoms with Crippen LogP contribution in [0.1, 0.15) is 18.7 Å². The number of nitrogens with one attached hydrogen (secondary N) is 1. The standard InChI is InChI=1S/C12H15BrN2O2S/c1-7(2)11-12(17)15(6-10(16)14-11)5-8-3-4-9(13)18-8/h3-4,7,11H,5-6H2,1-2H3,(H,14,16). The average molecular weight is 331 g/mol. The second-order valence-corrected chi connectivity index (χ2v) is 7.24. The number of hydrogen-bond acceptors (Lipinski definition) is 3. The molecule has 0 bridgehead atoms. The summed E-state index contributed by atoms with van der Waals surface area (Å²) in [4.78, 5) is 26.5. The van der Waals surface area contributed by atoms with Gasteiger partial charge in [0.15, 0.2) is 0 Å². The minimum absolute atomic E-state index is 0.00845. The van der Waals surface area contributed by atoms with Crippen LogP contribution in [-0.2, 0) is 16.1 Å². The van der Waals surface area contributed by atoms with Crippen LogP contribution in [0, 0.1) is 5.92 Å². The highest BCUT2D eigenvalue weighted by molar-refractivity contribution is 9.11. The Morgan fingerprint density at radius 1 is 1.50 bits per heavy atom. The number of piperazine rings is 1. The number of hydrogen-bond donors (Lipinski definition) is 1. The van der Waals surface area contributed by atoms with Crippen LogP contribution in [0.2, 0.25) is 0 Å². The second kappa shape index (κ2) is 5.40. The zero-order valence-electron chi connectivity index (χ0n) is 10.3. The maximum absolute atomic E-state index is 12.2. The molecule has 2 heterocycles. The fraction of sp³-hybridized carbons (Fsp3) is 0.500. The van der Waals surface area contributed by atoms with E-state index in [9.17, 15) is 9.59 Å². The van der Waals surface area contributed by atoms with Gasteiger partial charge in [-0.3, -0.25) is 9.59 Å². The van der Waals surface area contributed by atoms with Crippen LogP contribution in [0.5, 0.6) is 0 Å². The Morgan fingerprint density at radius 3 is 2.78 bits per heavy atom. The van der Waals surface area contributed by atoms with Crippen LogP contribution in [0.25, 0.3) is 0 Å². The van der Waals surface area contributed by atoms with E-state index < -0.39 is 6.04 Å². The number of thiophene rings is 1. The van der Waals surface area contributed by atoms with Crippen LogP contribution in [0.4, 0.5) is 0 Å². The highest BCUT2D eigenvalue weighted by Crippen LogP contribution is 2.24. The molecule has 0 aliphatic carbocycles. The Labute approximate surface area is 118 Å². The van der Waals surface area contributed by atoms with Gasteiger partial charge in [-0.15, -0.1) is 11.3 Å². The van der Waals surface area contributed by atoms with Gasteiger partial charge in [0.2, 0.25) is 11.8 Å². The summed E-state index contributed by atoms with van der Waals surface area (Å²) in [5.41, 5.74) is 0. The van der Waals surface area contributed by atoms with E-state index in [0.29, 0.717) is 6.54 Å². The average Bonchev–Trinajstić information content (AvgIpc) is 2.68. The van der Waals surface area contributed by atoms with Crippen molar-refractivity contribution in [2.24, 2.45) is 5.92 Å². The van der Waals surface area contributed by atoms with Gasteiger partial charge in [0.25, 0.3) is 0 Å². The van der Waals surface area contributed by atoms with Gasteiger partial charge in [0, 0.05) is 4.88 Å². The number of rotatable bonds is 3. The number of halogens is 1. The van der Waals surface area contributed by atoms with E-state index in [4.69, 9.17) is 0 Å². The molecule has 1 saturated heterocycles. The smallest absolute Gasteiger partial charge is 0.246 e. The summed E-state index contributed by atoms with van der Waals surface area (Å²) in [6, 6.07) is 3.53. The lowest BCUT2D eigenvalue weighted by atomic mass is 10.0. The Hall–Kier alpha value is -0.880. The van der Waals surface area contributed by atoms with E-state index in [2.05, 4.69) is 21.2 Å². The van der Waals surface area contributed by atoms with E-state index in [-0.39, 0.29) is 24.3 Å². The Morgan fingerprint density at radius 2 is 2.22 bits per heavy atom. The zero-order valence-corrected chi connectivity index (χ0v) is 12.7. The SMILES string of the molecule is CC(C)C1NC(=O)CN(Cc2ccc(Br)s2)C1=O. The normalized spacial score (nSPS) is 20.4. The minimum Gasteiger partial charge on any atom is -0.343 e. The van der Waals surface area contributed by atoms with E-state index in [1.807, 2.05) is 26.0 Å². The van der Waals surface area contributed by atoms with Gasteiger partial charge in [0.05, 0.1) is 16.9 Å². The van der Waals surface area contributed by atoms with Crippen molar-refractivity contribution in [3.05, 3.63) is 20.8 Å². The number of carbonyl (C=O) groups excluding carboxylic acids is 2. The molecule has 0 saturated carbocycles. The molecule has 0 spiro atoms. The quantitative estimate of drug-likeness (QED) is 0.921. The summed E-state index contributed by atoms with van der Waals surface area (Å²) in [5.74, 6) is 0.0392. The molecule has 1 unspecified atom stereocenters. The Balaban J connectivity index is 2.11. The van der Waals surface area contributed by atoms with Crippen LogP contribution in [0.3, 0.4) is 0 Å². The van der Waals surface area contributed by atoms with Gasteiger partial charge in [-0.1, -0.05) is 13.8 Å². The molecule has 2 rings (SSSR count). The van der Waals surface area contributed by atoms with Crippen LogP contribution >= 0.6 is 27.3 Å². The predicted octanol–water partition coefficient (Wildman–Crippen LogP) is 1.99. The molecule has 1 aromatic heterocycles. The molecule has 98 valence electrons. The maximum atomic E-state index is 12.2. The molecule has 1 aliphatic heterocycles. The third kappa shape index (κ3) is 2.92. The van der Waals surface area contributed by atoms with Gasteiger partial charge in [-0.2, -0.15) is 0 Å². The number of nitrogens with zero attached hydrogens (tertiary/aromatic N) is 1. The summed E-state index contributed by atoms with van der Waals surface area (Å²) in [6.07, 6.45) is 0. The van der Waals surface area contributed by atoms with Gasteiger partial charge in [-0.25, -0.2) is 0 Å². The number of amides is 2. The first-order valence-corrected chi connectivity index (χ1v) is 7.40. The lowest BCUT2D eigenvalue weighted by molar-refractivity contribution is -0.146. The predicted molar refractivity (Wildman–Crippen MR) is 74.2 cm³/mol. The topological polar surface area (TPSA) is 49.4 Å². The fourth-order valence-electron chi connectivity index (χ4n) is 1.94. The third-order valence-corrected chi connectivity index (χ3v) is 4.48. The van der Waals surface area contributed by atoms with Crippen LogP contribution < -0.4 is 5.32 Å². The highest BCUT2D eigenvalue weighted by atomic mass is 79.9. The minimum atomic E-state index is -0.394. The van der Waals surface area contributed by atoms with Crippen LogP contribution in [0.15, 0.2) is 15.9 Å². The second-order valence-electron chi connectivity index (χ2n) is 4.69. The van der Waals surface area contributed by atoms with Crippen molar-refractivity contribution < 1.29 is 9.59 Å². The Bertz CT molecular complexity index is 472. The van der Waals surface area contributed by atoms with Gasteiger partial charge in [-0.05, 0) is 34.0 Å². The molecule has 18 heavy (non-hydrogen) atoms. The van der Waals surface area contributed by atoms with E-state index in [1.165, 1.54) is 0 Å². The maximum Gasteiger partial charge on any atom is 0.246 e. The van der Waals surface area contributed by atoms with Crippen molar-refractivity contribution in [1.29, 1.82) is 0 Å². The summed E-state index contributed by atoms with van der Waals surface area (Å²) in [6.45, 7) is 4.53. The fourth-order valence-corrected chi connectivity index (χ4v) is 3.44. The lowest BCUT2D eigenvalue weighted by Crippen LogP contribution is -2.59. The van der Waals surface area contributed by atoms with Crippen molar-refractivity contribution in [3.63, 3.8) is 0 Å². The molecule has 4 nitrogen and oxygen atoms in total. The van der Waals surface area contributed by atoms with Crippen molar-refractivity contribution in [1.82, 2.24) is 10.2 Å². The largest absolute Gasteiger partial charge is 0.343 e. The molecule has 6 heteroatoms. The molecule has 1 N–H and O–H groups in total. The zero-order chi connectivity index (χ0) is 13.3. The van der Waals surface area contributed by atoms with Crippen molar-refractivity contribution >= 4 is 39.1 Å². The van der Waals surface area contributed by atoms with Crippen molar-refractivity contribution in [3.8, 4) is 0 Å². The summed E-state index contributed by atoms with van der Waals surface area (Å²) in [5, 5.41) is 2.75. The van der Waals surface area contributed by atoms with Gasteiger partial charge >= 0.3 is 0 Å². The molecule has 1 aromatic rings. The molecule has 0 radical (unpaired) electrons. The third-order valence-electron chi connectivity index (χ3n) is 2.87. The first-order chi connectivity index (χ1) is 8.47. The summed E-state index contributed by atoms with van der Waals surface area (Å²) >= 11 is 4.98. The molecular formula is C12H15BrN2O2S. The van der Waals surface area contributed by atoms with Crippen molar-refractivity contribution in [2.75, 3.05) is 6.54 Å². The van der Waals surface area contributed by atoms with Crippen LogP contribution in [-0.4, -0.2) is 29.3 Å². The van der Waals surface area contributed by atoms with Gasteiger partial charge < -0.3 is 10.2 Å². The molecule has 1 fully saturated rings. The number of carbonyl (C=O) groups is 2. The molecule has 1 aliphatic rings. The molecule has 0 aromatic carbocycles. The van der Waals surface area contributed by atoms with E-state index in [0.717, 1.165) is 8.66 Å². The highest BCUT2D eigenvalue weighted by Gasteiger charge is 2.34. The molecular weight excluding hydrogens is 316 g/mol. The monoisotopic (exact) mass is 330 g/mol. The lowest BCUT2D eigenvalue weighted by Gasteiger charge is -2.34. The van der Waals surface area contributed by atoms with E-state index >= 15 is 0 Å². The summed E-state index contributed by atoms with van der Waals surface area (Å²) < 4.78 is 1.03. The molecule has 2 amide bonds. The molecule has 1 atom stereocenters. The van der Waals surface area contributed by atoms with Crippen molar-refractivity contribution in [2.45, 2.75) is 26.4 Å². The first-order valence-electron chi connectivity index (χ1n) is 5.79. The Kier molecular flexibility index (Phi) is 4.07. The first kappa shape index (κ1) is 13.5. The summed E-state index contributed by atoms with van der Waals surface area (Å²) in [7, 11) is 0. The van der Waals surface area contributed by atoms with E-state index in [1.54, 1.807) is 16.2 Å².